The van der Waals surface area contributed by atoms with Gasteiger partial charge in [0.1, 0.15) is 13.2 Å². The second kappa shape index (κ2) is 59.8. The fraction of sp³-hybridized carbons (Fsp3) is 0.597. The minimum absolute atomic E-state index is 0.132. The Morgan fingerprint density at radius 1 is 0.288 bits per heavy atom. The zero-order valence-electron chi connectivity index (χ0n) is 46.8. The van der Waals surface area contributed by atoms with Gasteiger partial charge in [-0.2, -0.15) is 0 Å². The molecule has 1 atom stereocenters. The molecule has 73 heavy (non-hydrogen) atoms. The lowest BCUT2D eigenvalue weighted by Crippen LogP contribution is -2.30. The summed E-state index contributed by atoms with van der Waals surface area (Å²) in [7, 11) is 0. The molecule has 0 spiro atoms. The highest BCUT2D eigenvalue weighted by Crippen LogP contribution is 2.14. The van der Waals surface area contributed by atoms with Crippen LogP contribution < -0.4 is 0 Å². The fourth-order valence-corrected chi connectivity index (χ4v) is 7.50. The van der Waals surface area contributed by atoms with Gasteiger partial charge >= 0.3 is 17.9 Å². The molecular formula is C67H106O6. The van der Waals surface area contributed by atoms with Crippen LogP contribution in [0.25, 0.3) is 0 Å². The van der Waals surface area contributed by atoms with Crippen LogP contribution in [0.3, 0.4) is 0 Å². The van der Waals surface area contributed by atoms with Gasteiger partial charge < -0.3 is 14.2 Å². The molecular weight excluding hydrogens is 901 g/mol. The summed E-state index contributed by atoms with van der Waals surface area (Å²) in [5.41, 5.74) is 0. The molecule has 0 aliphatic carbocycles. The van der Waals surface area contributed by atoms with E-state index in [1.807, 2.05) is 12.2 Å². The summed E-state index contributed by atoms with van der Waals surface area (Å²) in [5, 5.41) is 0. The van der Waals surface area contributed by atoms with Gasteiger partial charge in [-0.3, -0.25) is 14.4 Å². The summed E-state index contributed by atoms with van der Waals surface area (Å²) in [4.78, 5) is 38.2. The number of ether oxygens (including phenoxy) is 3. The average Bonchev–Trinajstić information content (AvgIpc) is 3.39. The van der Waals surface area contributed by atoms with Crippen molar-refractivity contribution in [2.45, 2.75) is 245 Å². The maximum atomic E-state index is 12.8. The number of allylic oxidation sites excluding steroid dienone is 24. The Hall–Kier alpha value is -4.71. The third kappa shape index (κ3) is 58.1. The lowest BCUT2D eigenvalue weighted by Gasteiger charge is -2.18. The third-order valence-corrected chi connectivity index (χ3v) is 11.8. The Bertz CT molecular complexity index is 1630. The summed E-state index contributed by atoms with van der Waals surface area (Å²) < 4.78 is 16.8. The molecule has 0 aromatic heterocycles. The van der Waals surface area contributed by atoms with Gasteiger partial charge in [-0.05, 0) is 122 Å². The van der Waals surface area contributed by atoms with Crippen LogP contribution in [0.4, 0.5) is 0 Å². The molecule has 0 aliphatic rings. The Morgan fingerprint density at radius 3 is 0.959 bits per heavy atom. The van der Waals surface area contributed by atoms with Crippen LogP contribution in [-0.4, -0.2) is 37.2 Å². The number of hydrogen-bond acceptors (Lipinski definition) is 6. The van der Waals surface area contributed by atoms with Gasteiger partial charge in [-0.25, -0.2) is 0 Å². The average molecular weight is 1010 g/mol. The minimum Gasteiger partial charge on any atom is -0.462 e. The summed E-state index contributed by atoms with van der Waals surface area (Å²) in [6, 6.07) is 0. The Morgan fingerprint density at radius 2 is 0.575 bits per heavy atom. The zero-order valence-corrected chi connectivity index (χ0v) is 46.8. The monoisotopic (exact) mass is 1010 g/mol. The molecule has 0 aliphatic heterocycles. The van der Waals surface area contributed by atoms with E-state index >= 15 is 0 Å². The van der Waals surface area contributed by atoms with Gasteiger partial charge in [0, 0.05) is 19.3 Å². The van der Waals surface area contributed by atoms with E-state index < -0.39 is 12.1 Å². The van der Waals surface area contributed by atoms with E-state index in [2.05, 4.69) is 154 Å². The molecule has 0 N–H and O–H groups in total. The predicted molar refractivity (Wildman–Crippen MR) is 315 cm³/mol. The zero-order chi connectivity index (χ0) is 52.9. The molecule has 0 unspecified atom stereocenters. The van der Waals surface area contributed by atoms with Crippen molar-refractivity contribution in [2.75, 3.05) is 13.2 Å². The Balaban J connectivity index is 4.60. The SMILES string of the molecule is CC/C=C\C/C=C\C/C=C\C/C=C\C/C=C\C/C=C\CCC(=O)O[C@H](COC(=O)CCC/C=C\C/C=C\C/C=C\C/C=C\C/C=C\CC)COC(=O)CCCCCCCCCCC/C=C\CCCCCCCC. The number of hydrogen-bond donors (Lipinski definition) is 0. The van der Waals surface area contributed by atoms with Crippen LogP contribution in [-0.2, 0) is 28.6 Å². The molecule has 0 saturated heterocycles. The molecule has 0 bridgehead atoms. The van der Waals surface area contributed by atoms with Crippen molar-refractivity contribution < 1.29 is 28.6 Å². The molecule has 0 aromatic carbocycles. The Labute approximate surface area is 448 Å². The predicted octanol–water partition coefficient (Wildman–Crippen LogP) is 20.0. The number of rotatable bonds is 51. The second-order valence-corrected chi connectivity index (χ2v) is 18.8. The first-order valence-electron chi connectivity index (χ1n) is 29.3. The van der Waals surface area contributed by atoms with Gasteiger partial charge in [0.15, 0.2) is 6.10 Å². The van der Waals surface area contributed by atoms with E-state index in [0.29, 0.717) is 19.3 Å². The van der Waals surface area contributed by atoms with E-state index in [1.54, 1.807) is 0 Å². The smallest absolute Gasteiger partial charge is 0.306 e. The van der Waals surface area contributed by atoms with Crippen molar-refractivity contribution in [2.24, 2.45) is 0 Å². The van der Waals surface area contributed by atoms with Crippen molar-refractivity contribution in [3.05, 3.63) is 146 Å². The number of unbranched alkanes of at least 4 members (excludes halogenated alkanes) is 16. The first kappa shape index (κ1) is 68.3. The largest absolute Gasteiger partial charge is 0.462 e. The molecule has 0 rings (SSSR count). The van der Waals surface area contributed by atoms with E-state index in [4.69, 9.17) is 14.2 Å². The molecule has 410 valence electrons. The fourth-order valence-electron chi connectivity index (χ4n) is 7.50. The summed E-state index contributed by atoms with van der Waals surface area (Å²) >= 11 is 0. The van der Waals surface area contributed by atoms with Crippen molar-refractivity contribution >= 4 is 17.9 Å². The van der Waals surface area contributed by atoms with Crippen LogP contribution in [0.1, 0.15) is 239 Å². The summed E-state index contributed by atoms with van der Waals surface area (Å²) in [6.45, 7) is 6.29. The summed E-state index contributed by atoms with van der Waals surface area (Å²) in [6.07, 6.45) is 85.7. The van der Waals surface area contributed by atoms with Crippen LogP contribution >= 0.6 is 0 Å². The molecule has 0 amide bonds. The number of esters is 3. The first-order chi connectivity index (χ1) is 36.0. The molecule has 0 aromatic rings. The topological polar surface area (TPSA) is 78.9 Å². The van der Waals surface area contributed by atoms with Crippen LogP contribution in [0, 0.1) is 0 Å². The second-order valence-electron chi connectivity index (χ2n) is 18.8. The van der Waals surface area contributed by atoms with Gasteiger partial charge in [0.25, 0.3) is 0 Å². The van der Waals surface area contributed by atoms with Crippen molar-refractivity contribution in [1.29, 1.82) is 0 Å². The van der Waals surface area contributed by atoms with Crippen LogP contribution in [0.5, 0.6) is 0 Å². The Kier molecular flexibility index (Phi) is 56.0. The normalized spacial score (nSPS) is 13.2. The lowest BCUT2D eigenvalue weighted by molar-refractivity contribution is -0.166. The van der Waals surface area contributed by atoms with Crippen LogP contribution in [0.15, 0.2) is 146 Å². The quantitative estimate of drug-likeness (QED) is 0.0261. The van der Waals surface area contributed by atoms with Crippen molar-refractivity contribution in [1.82, 2.24) is 0 Å². The number of carbonyl (C=O) groups is 3. The first-order valence-corrected chi connectivity index (χ1v) is 29.3. The van der Waals surface area contributed by atoms with E-state index in [9.17, 15) is 14.4 Å². The van der Waals surface area contributed by atoms with Crippen LogP contribution in [0.2, 0.25) is 0 Å². The molecule has 6 nitrogen and oxygen atoms in total. The van der Waals surface area contributed by atoms with E-state index in [0.717, 1.165) is 96.3 Å². The van der Waals surface area contributed by atoms with Crippen molar-refractivity contribution in [3.8, 4) is 0 Å². The van der Waals surface area contributed by atoms with Crippen molar-refractivity contribution in [3.63, 3.8) is 0 Å². The van der Waals surface area contributed by atoms with E-state index in [1.165, 1.54) is 89.9 Å². The van der Waals surface area contributed by atoms with E-state index in [-0.39, 0.29) is 38.0 Å². The molecule has 0 saturated carbocycles. The number of carbonyl (C=O) groups excluding carboxylic acids is 3. The van der Waals surface area contributed by atoms with Gasteiger partial charge in [-0.1, -0.05) is 244 Å². The highest BCUT2D eigenvalue weighted by atomic mass is 16.6. The molecule has 6 heteroatoms. The van der Waals surface area contributed by atoms with Gasteiger partial charge in [0.2, 0.25) is 0 Å². The lowest BCUT2D eigenvalue weighted by atomic mass is 10.1. The minimum atomic E-state index is -0.849. The van der Waals surface area contributed by atoms with Gasteiger partial charge in [0.05, 0.1) is 0 Å². The molecule has 0 heterocycles. The maximum absolute atomic E-state index is 12.8. The molecule has 0 fully saturated rings. The molecule has 0 radical (unpaired) electrons. The summed E-state index contributed by atoms with van der Waals surface area (Å²) in [5.74, 6) is -1.09. The third-order valence-electron chi connectivity index (χ3n) is 11.8. The maximum Gasteiger partial charge on any atom is 0.306 e. The highest BCUT2D eigenvalue weighted by molar-refractivity contribution is 5.71. The highest BCUT2D eigenvalue weighted by Gasteiger charge is 2.19. The standard InChI is InChI=1S/C67H106O6/c1-4-7-10-13-16-19-22-25-28-31-33-36-39-42-45-48-51-54-57-60-66(69)72-63-64(62-71-65(68)59-56-53-50-47-44-41-38-35-30-27-24-21-18-15-12-9-6-3)73-67(70)61-58-55-52-49-46-43-40-37-34-32-29-26-23-20-17-14-11-8-5-2/h8-9,11-12,17-18,20-21,25-30,34,37-38,41,43,46-47,50,52,55,64H,4-7,10,13-16,19,22-24,31-33,35-36,39-40,42,44-45,48-49,51,53-54,56-63H2,1-3H3/b11-8-,12-9-,20-17-,21-18-,28-25-,29-26-,30-27-,37-34-,41-38-,46-43-,50-47-,55-52-/t64-/m1/s1. The van der Waals surface area contributed by atoms with Gasteiger partial charge in [-0.15, -0.1) is 0 Å².